The second-order valence-corrected chi connectivity index (χ2v) is 4.84. The minimum Gasteiger partial charge on any atom is -0.396 e. The average Bonchev–Trinajstić information content (AvgIpc) is 2.44. The lowest BCUT2D eigenvalue weighted by molar-refractivity contribution is -0.121. The van der Waals surface area contributed by atoms with E-state index in [4.69, 9.17) is 5.11 Å². The summed E-state index contributed by atoms with van der Waals surface area (Å²) >= 11 is 0. The van der Waals surface area contributed by atoms with Crippen LogP contribution in [0.25, 0.3) is 0 Å². The van der Waals surface area contributed by atoms with E-state index in [1.54, 1.807) is 0 Å². The summed E-state index contributed by atoms with van der Waals surface area (Å²) in [4.78, 5) is 11.7. The van der Waals surface area contributed by atoms with Crippen molar-refractivity contribution in [2.24, 2.45) is 5.92 Å². The van der Waals surface area contributed by atoms with Gasteiger partial charge in [-0.2, -0.15) is 0 Å². The zero-order valence-electron chi connectivity index (χ0n) is 11.7. The van der Waals surface area contributed by atoms with E-state index in [1.165, 1.54) is 6.07 Å². The third-order valence-corrected chi connectivity index (χ3v) is 3.33. The van der Waals surface area contributed by atoms with Gasteiger partial charge in [0.25, 0.3) is 0 Å². The predicted octanol–water partition coefficient (Wildman–Crippen LogP) is 2.42. The third kappa shape index (κ3) is 5.65. The Hall–Kier alpha value is -1.49. The zero-order chi connectivity index (χ0) is 15.0. The van der Waals surface area contributed by atoms with Crippen LogP contribution in [0.15, 0.2) is 18.2 Å². The molecule has 0 aliphatic carbocycles. The molecule has 5 heteroatoms. The predicted molar refractivity (Wildman–Crippen MR) is 73.2 cm³/mol. The van der Waals surface area contributed by atoms with Crippen LogP contribution in [0, 0.1) is 17.6 Å². The van der Waals surface area contributed by atoms with Crippen molar-refractivity contribution in [3.8, 4) is 0 Å². The highest BCUT2D eigenvalue weighted by Crippen LogP contribution is 2.10. The SMILES string of the molecule is CCC(CCO)CNC(=O)CCc1ccc(F)c(F)c1. The highest BCUT2D eigenvalue weighted by Gasteiger charge is 2.09. The minimum atomic E-state index is -0.892. The van der Waals surface area contributed by atoms with Crippen molar-refractivity contribution < 1.29 is 18.7 Å². The van der Waals surface area contributed by atoms with Crippen molar-refractivity contribution in [3.05, 3.63) is 35.4 Å². The number of hydrogen-bond acceptors (Lipinski definition) is 2. The number of aliphatic hydroxyl groups is 1. The van der Waals surface area contributed by atoms with Crippen molar-refractivity contribution in [1.82, 2.24) is 5.32 Å². The molecular formula is C15H21F2NO2. The standard InChI is InChI=1S/C15H21F2NO2/c1-2-11(7-8-19)10-18-15(20)6-4-12-3-5-13(16)14(17)9-12/h3,5,9,11,19H,2,4,6-8,10H2,1H3,(H,18,20). The first-order valence-electron chi connectivity index (χ1n) is 6.88. The molecule has 0 radical (unpaired) electrons. The maximum atomic E-state index is 13.0. The summed E-state index contributed by atoms with van der Waals surface area (Å²) in [5.74, 6) is -1.62. The molecule has 1 aromatic rings. The Morgan fingerprint density at radius 3 is 2.70 bits per heavy atom. The number of aryl methyl sites for hydroxylation is 1. The first-order valence-corrected chi connectivity index (χ1v) is 6.88. The molecule has 1 atom stereocenters. The van der Waals surface area contributed by atoms with E-state index in [9.17, 15) is 13.6 Å². The molecule has 2 N–H and O–H groups in total. The van der Waals surface area contributed by atoms with E-state index in [2.05, 4.69) is 5.32 Å². The van der Waals surface area contributed by atoms with E-state index in [-0.39, 0.29) is 24.9 Å². The number of hydrogen-bond donors (Lipinski definition) is 2. The first-order chi connectivity index (χ1) is 9.56. The number of amides is 1. The van der Waals surface area contributed by atoms with Crippen LogP contribution in [0.5, 0.6) is 0 Å². The van der Waals surface area contributed by atoms with Crippen molar-refractivity contribution in [1.29, 1.82) is 0 Å². The van der Waals surface area contributed by atoms with Gasteiger partial charge in [-0.3, -0.25) is 4.79 Å². The van der Waals surface area contributed by atoms with Gasteiger partial charge in [0.15, 0.2) is 11.6 Å². The van der Waals surface area contributed by atoms with Gasteiger partial charge in [-0.25, -0.2) is 8.78 Å². The molecule has 1 aromatic carbocycles. The Morgan fingerprint density at radius 1 is 1.35 bits per heavy atom. The Balaban J connectivity index is 2.34. The summed E-state index contributed by atoms with van der Waals surface area (Å²) in [6, 6.07) is 3.66. The summed E-state index contributed by atoms with van der Waals surface area (Å²) < 4.78 is 25.7. The number of aliphatic hydroxyl groups excluding tert-OH is 1. The largest absolute Gasteiger partial charge is 0.396 e. The number of halogens is 2. The monoisotopic (exact) mass is 285 g/mol. The Morgan fingerprint density at radius 2 is 2.10 bits per heavy atom. The number of rotatable bonds is 8. The molecule has 0 spiro atoms. The lowest BCUT2D eigenvalue weighted by Crippen LogP contribution is -2.29. The molecule has 1 rings (SSSR count). The van der Waals surface area contributed by atoms with Crippen molar-refractivity contribution in [2.75, 3.05) is 13.2 Å². The summed E-state index contributed by atoms with van der Waals surface area (Å²) in [5, 5.41) is 11.7. The second kappa shape index (κ2) is 8.64. The Bertz CT molecular complexity index is 438. The normalized spacial score (nSPS) is 12.2. The number of benzene rings is 1. The van der Waals surface area contributed by atoms with Gasteiger partial charge in [0.1, 0.15) is 0 Å². The topological polar surface area (TPSA) is 49.3 Å². The molecule has 0 fully saturated rings. The molecular weight excluding hydrogens is 264 g/mol. The lowest BCUT2D eigenvalue weighted by Gasteiger charge is -2.14. The maximum Gasteiger partial charge on any atom is 0.220 e. The smallest absolute Gasteiger partial charge is 0.220 e. The molecule has 3 nitrogen and oxygen atoms in total. The molecule has 0 bridgehead atoms. The van der Waals surface area contributed by atoms with E-state index < -0.39 is 11.6 Å². The first kappa shape index (κ1) is 16.6. The van der Waals surface area contributed by atoms with Gasteiger partial charge >= 0.3 is 0 Å². The molecule has 112 valence electrons. The molecule has 0 aliphatic heterocycles. The highest BCUT2D eigenvalue weighted by molar-refractivity contribution is 5.76. The van der Waals surface area contributed by atoms with Crippen LogP contribution in [-0.2, 0) is 11.2 Å². The van der Waals surface area contributed by atoms with Crippen molar-refractivity contribution >= 4 is 5.91 Å². The fraction of sp³-hybridized carbons (Fsp3) is 0.533. The summed E-state index contributed by atoms with van der Waals surface area (Å²) in [7, 11) is 0. The van der Waals surface area contributed by atoms with Gasteiger partial charge in [-0.1, -0.05) is 19.4 Å². The van der Waals surface area contributed by atoms with Gasteiger partial charge in [-0.05, 0) is 36.5 Å². The molecule has 0 heterocycles. The van der Waals surface area contributed by atoms with E-state index in [0.29, 0.717) is 24.9 Å². The van der Waals surface area contributed by atoms with Crippen LogP contribution in [0.1, 0.15) is 31.7 Å². The van der Waals surface area contributed by atoms with E-state index >= 15 is 0 Å². The number of carbonyl (C=O) groups is 1. The number of carbonyl (C=O) groups excluding carboxylic acids is 1. The van der Waals surface area contributed by atoms with Gasteiger partial charge in [0.2, 0.25) is 5.91 Å². The van der Waals surface area contributed by atoms with Crippen LogP contribution in [0.2, 0.25) is 0 Å². The van der Waals surface area contributed by atoms with Crippen LogP contribution in [0.4, 0.5) is 8.78 Å². The van der Waals surface area contributed by atoms with Crippen LogP contribution in [-0.4, -0.2) is 24.2 Å². The van der Waals surface area contributed by atoms with Crippen molar-refractivity contribution in [2.45, 2.75) is 32.6 Å². The van der Waals surface area contributed by atoms with Gasteiger partial charge < -0.3 is 10.4 Å². The zero-order valence-corrected chi connectivity index (χ0v) is 11.7. The highest BCUT2D eigenvalue weighted by atomic mass is 19.2. The molecule has 0 saturated heterocycles. The van der Waals surface area contributed by atoms with E-state index in [0.717, 1.165) is 18.6 Å². The molecule has 1 amide bonds. The van der Waals surface area contributed by atoms with Gasteiger partial charge in [0, 0.05) is 19.6 Å². The quantitative estimate of drug-likeness (QED) is 0.770. The lowest BCUT2D eigenvalue weighted by atomic mass is 10.0. The van der Waals surface area contributed by atoms with Crippen LogP contribution < -0.4 is 5.32 Å². The molecule has 1 unspecified atom stereocenters. The van der Waals surface area contributed by atoms with Gasteiger partial charge in [-0.15, -0.1) is 0 Å². The molecule has 0 saturated carbocycles. The van der Waals surface area contributed by atoms with Crippen LogP contribution in [0.3, 0.4) is 0 Å². The third-order valence-electron chi connectivity index (χ3n) is 3.33. The summed E-state index contributed by atoms with van der Waals surface area (Å²) in [6.07, 6.45) is 2.17. The average molecular weight is 285 g/mol. The summed E-state index contributed by atoms with van der Waals surface area (Å²) in [6.45, 7) is 2.66. The van der Waals surface area contributed by atoms with Crippen molar-refractivity contribution in [3.63, 3.8) is 0 Å². The fourth-order valence-corrected chi connectivity index (χ4v) is 1.93. The molecule has 20 heavy (non-hydrogen) atoms. The van der Waals surface area contributed by atoms with E-state index in [1.807, 2.05) is 6.92 Å². The second-order valence-electron chi connectivity index (χ2n) is 4.84. The minimum absolute atomic E-state index is 0.114. The maximum absolute atomic E-state index is 13.0. The molecule has 0 aliphatic rings. The Labute approximate surface area is 118 Å². The summed E-state index contributed by atoms with van der Waals surface area (Å²) in [5.41, 5.74) is 0.599. The van der Waals surface area contributed by atoms with Gasteiger partial charge in [0.05, 0.1) is 0 Å². The Kier molecular flexibility index (Phi) is 7.15. The van der Waals surface area contributed by atoms with Crippen LogP contribution >= 0.6 is 0 Å². The number of nitrogens with one attached hydrogen (secondary N) is 1. The molecule has 0 aromatic heterocycles. The fourth-order valence-electron chi connectivity index (χ4n) is 1.93.